The number of oxime groups is 1. The highest BCUT2D eigenvalue weighted by Gasteiger charge is 2.15. The molecule has 0 saturated heterocycles. The maximum Gasteiger partial charge on any atom is 0.331 e. The molecule has 0 saturated carbocycles. The van der Waals surface area contributed by atoms with E-state index >= 15 is 0 Å². The normalized spacial score (nSPS) is 12.5. The number of hydrogen-bond donors (Lipinski definition) is 0. The minimum atomic E-state index is -0.425. The number of rotatable bonds is 10. The molecular formula is C30H29NO4S. The summed E-state index contributed by atoms with van der Waals surface area (Å²) in [6.07, 6.45) is 2.82. The predicted molar refractivity (Wildman–Crippen MR) is 144 cm³/mol. The summed E-state index contributed by atoms with van der Waals surface area (Å²) in [5.41, 5.74) is 3.00. The zero-order chi connectivity index (χ0) is 25.5. The lowest BCUT2D eigenvalue weighted by Gasteiger charge is -2.11. The molecule has 36 heavy (non-hydrogen) atoms. The maximum absolute atomic E-state index is 12.9. The van der Waals surface area contributed by atoms with Crippen LogP contribution in [-0.4, -0.2) is 17.5 Å². The molecule has 1 heterocycles. The van der Waals surface area contributed by atoms with Crippen LogP contribution in [0.15, 0.2) is 98.2 Å². The van der Waals surface area contributed by atoms with Crippen molar-refractivity contribution in [3.05, 3.63) is 95.7 Å². The summed E-state index contributed by atoms with van der Waals surface area (Å²) >= 11 is 1.61. The molecule has 184 valence electrons. The number of nitrogens with zero attached hydrogens (tertiary/aromatic N) is 1. The Hall–Kier alpha value is -3.64. The van der Waals surface area contributed by atoms with Crippen LogP contribution < -0.4 is 0 Å². The number of ketones is 1. The second-order valence-corrected chi connectivity index (χ2v) is 9.95. The highest BCUT2D eigenvalue weighted by molar-refractivity contribution is 7.99. The summed E-state index contributed by atoms with van der Waals surface area (Å²) in [7, 11) is 0. The van der Waals surface area contributed by atoms with Crippen LogP contribution in [-0.2, 0) is 9.63 Å². The Labute approximate surface area is 215 Å². The molecule has 1 atom stereocenters. The average Bonchev–Trinajstić information content (AvgIpc) is 3.33. The molecule has 0 spiro atoms. The van der Waals surface area contributed by atoms with Crippen LogP contribution in [0.5, 0.6) is 0 Å². The SMILES string of the molecule is CCC(C)CC/C(=N\OC(C)=O)c1ccc(Sc2ccc(C(=O)c3cc4ccccc4o3)cc2)cc1. The molecule has 4 aromatic rings. The highest BCUT2D eigenvalue weighted by Crippen LogP contribution is 2.29. The van der Waals surface area contributed by atoms with Gasteiger partial charge >= 0.3 is 5.97 Å². The molecule has 0 aliphatic carbocycles. The molecule has 1 unspecified atom stereocenters. The number of hydrogen-bond acceptors (Lipinski definition) is 6. The van der Waals surface area contributed by atoms with Gasteiger partial charge in [-0.2, -0.15) is 0 Å². The van der Waals surface area contributed by atoms with Gasteiger partial charge in [-0.1, -0.05) is 67.5 Å². The van der Waals surface area contributed by atoms with E-state index in [1.165, 1.54) is 6.92 Å². The summed E-state index contributed by atoms with van der Waals surface area (Å²) in [5, 5.41) is 5.01. The van der Waals surface area contributed by atoms with E-state index in [4.69, 9.17) is 9.25 Å². The lowest BCUT2D eigenvalue weighted by molar-refractivity contribution is -0.140. The van der Waals surface area contributed by atoms with Crippen molar-refractivity contribution in [2.24, 2.45) is 11.1 Å². The molecule has 0 bridgehead atoms. The molecule has 0 aliphatic rings. The molecule has 4 rings (SSSR count). The Morgan fingerprint density at radius 2 is 1.58 bits per heavy atom. The third-order valence-electron chi connectivity index (χ3n) is 6.04. The molecule has 0 amide bonds. The van der Waals surface area contributed by atoms with E-state index in [1.807, 2.05) is 72.8 Å². The Balaban J connectivity index is 1.43. The number of carbonyl (C=O) groups excluding carboxylic acids is 2. The van der Waals surface area contributed by atoms with Crippen molar-refractivity contribution in [1.82, 2.24) is 0 Å². The Kier molecular flexibility index (Phi) is 8.39. The monoisotopic (exact) mass is 499 g/mol. The second-order valence-electron chi connectivity index (χ2n) is 8.80. The van der Waals surface area contributed by atoms with Gasteiger partial charge in [0.25, 0.3) is 0 Å². The number of carbonyl (C=O) groups is 2. The van der Waals surface area contributed by atoms with Crippen LogP contribution in [0.2, 0.25) is 0 Å². The molecule has 0 aliphatic heterocycles. The standard InChI is InChI=1S/C30H29NO4S/c1-4-20(2)9-18-27(31-35-21(3)32)22-10-14-25(15-11-22)36-26-16-12-23(13-17-26)30(33)29-19-24-7-5-6-8-28(24)34-29/h5-8,10-17,19-20H,4,9,18H2,1-3H3/b31-27+. The van der Waals surface area contributed by atoms with E-state index in [0.717, 1.165) is 45.7 Å². The van der Waals surface area contributed by atoms with Crippen LogP contribution >= 0.6 is 11.8 Å². The van der Waals surface area contributed by atoms with Crippen molar-refractivity contribution < 1.29 is 18.8 Å². The zero-order valence-electron chi connectivity index (χ0n) is 20.7. The average molecular weight is 500 g/mol. The minimum absolute atomic E-state index is 0.135. The van der Waals surface area contributed by atoms with Gasteiger partial charge < -0.3 is 9.25 Å². The largest absolute Gasteiger partial charge is 0.453 e. The van der Waals surface area contributed by atoms with Gasteiger partial charge in [0.2, 0.25) is 5.78 Å². The lowest BCUT2D eigenvalue weighted by atomic mass is 9.98. The first-order chi connectivity index (χ1) is 17.4. The van der Waals surface area contributed by atoms with E-state index in [2.05, 4.69) is 19.0 Å². The first-order valence-electron chi connectivity index (χ1n) is 12.1. The molecule has 6 heteroatoms. The summed E-state index contributed by atoms with van der Waals surface area (Å²) in [6.45, 7) is 5.73. The van der Waals surface area contributed by atoms with Gasteiger partial charge in [-0.3, -0.25) is 4.79 Å². The molecule has 5 nitrogen and oxygen atoms in total. The van der Waals surface area contributed by atoms with E-state index in [9.17, 15) is 9.59 Å². The van der Waals surface area contributed by atoms with Crippen LogP contribution in [0.1, 0.15) is 61.7 Å². The van der Waals surface area contributed by atoms with Crippen LogP contribution in [0.25, 0.3) is 11.0 Å². The van der Waals surface area contributed by atoms with Crippen molar-refractivity contribution in [2.45, 2.75) is 49.8 Å². The number of furan rings is 1. The van der Waals surface area contributed by atoms with E-state index in [-0.39, 0.29) is 5.78 Å². The Morgan fingerprint density at radius 3 is 2.19 bits per heavy atom. The number of benzene rings is 3. The number of fused-ring (bicyclic) bond motifs is 1. The second kappa shape index (κ2) is 11.9. The van der Waals surface area contributed by atoms with Crippen molar-refractivity contribution in [2.75, 3.05) is 0 Å². The smallest absolute Gasteiger partial charge is 0.331 e. The predicted octanol–water partition coefficient (Wildman–Crippen LogP) is 7.91. The van der Waals surface area contributed by atoms with Crippen molar-refractivity contribution in [3.63, 3.8) is 0 Å². The van der Waals surface area contributed by atoms with Gasteiger partial charge in [0, 0.05) is 27.7 Å². The van der Waals surface area contributed by atoms with E-state index < -0.39 is 5.97 Å². The lowest BCUT2D eigenvalue weighted by Crippen LogP contribution is -2.06. The van der Waals surface area contributed by atoms with E-state index in [1.54, 1.807) is 17.8 Å². The van der Waals surface area contributed by atoms with Crippen molar-refractivity contribution >= 4 is 40.2 Å². The van der Waals surface area contributed by atoms with Crippen molar-refractivity contribution in [3.8, 4) is 0 Å². The summed E-state index contributed by atoms with van der Waals surface area (Å²) < 4.78 is 5.72. The molecular weight excluding hydrogens is 470 g/mol. The minimum Gasteiger partial charge on any atom is -0.453 e. The third kappa shape index (κ3) is 6.52. The molecule has 0 N–H and O–H groups in total. The fourth-order valence-electron chi connectivity index (χ4n) is 3.71. The van der Waals surface area contributed by atoms with Gasteiger partial charge in [-0.15, -0.1) is 0 Å². The zero-order valence-corrected chi connectivity index (χ0v) is 21.5. The van der Waals surface area contributed by atoms with Crippen LogP contribution in [0.3, 0.4) is 0 Å². The van der Waals surface area contributed by atoms with Gasteiger partial charge in [0.1, 0.15) is 5.58 Å². The third-order valence-corrected chi connectivity index (χ3v) is 7.06. The van der Waals surface area contributed by atoms with Gasteiger partial charge in [0.05, 0.1) is 5.71 Å². The first kappa shape index (κ1) is 25.5. The summed E-state index contributed by atoms with van der Waals surface area (Å²) in [4.78, 5) is 31.1. The Morgan fingerprint density at radius 1 is 0.944 bits per heavy atom. The first-order valence-corrected chi connectivity index (χ1v) is 12.9. The molecule has 1 aromatic heterocycles. The Bertz CT molecular complexity index is 1340. The quantitative estimate of drug-likeness (QED) is 0.0960. The van der Waals surface area contributed by atoms with Crippen molar-refractivity contribution in [1.29, 1.82) is 0 Å². The fourth-order valence-corrected chi connectivity index (χ4v) is 4.53. The highest BCUT2D eigenvalue weighted by atomic mass is 32.2. The van der Waals surface area contributed by atoms with Gasteiger partial charge in [-0.05, 0) is 72.9 Å². The maximum atomic E-state index is 12.9. The topological polar surface area (TPSA) is 68.9 Å². The molecule has 3 aromatic carbocycles. The van der Waals surface area contributed by atoms with E-state index in [0.29, 0.717) is 22.8 Å². The summed E-state index contributed by atoms with van der Waals surface area (Å²) in [5.74, 6) is 0.352. The fraction of sp³-hybridized carbons (Fsp3) is 0.233. The molecule has 0 fully saturated rings. The summed E-state index contributed by atoms with van der Waals surface area (Å²) in [6, 6.07) is 25.0. The van der Waals surface area contributed by atoms with Crippen LogP contribution in [0.4, 0.5) is 0 Å². The molecule has 0 radical (unpaired) electrons. The van der Waals surface area contributed by atoms with Crippen LogP contribution in [0, 0.1) is 5.92 Å². The van der Waals surface area contributed by atoms with Gasteiger partial charge in [0.15, 0.2) is 5.76 Å². The van der Waals surface area contributed by atoms with Gasteiger partial charge in [-0.25, -0.2) is 4.79 Å². The number of para-hydroxylation sites is 1.